The molecule has 0 saturated heterocycles. The molecule has 0 unspecified atom stereocenters. The number of rotatable bonds is 9. The summed E-state index contributed by atoms with van der Waals surface area (Å²) in [7, 11) is 0. The molecule has 0 fully saturated rings. The first-order chi connectivity index (χ1) is 13.9. The van der Waals surface area contributed by atoms with E-state index >= 15 is 0 Å². The summed E-state index contributed by atoms with van der Waals surface area (Å²) in [4.78, 5) is 27.7. The average molecular weight is 435 g/mol. The van der Waals surface area contributed by atoms with Crippen molar-refractivity contribution in [2.24, 2.45) is 0 Å². The van der Waals surface area contributed by atoms with E-state index in [2.05, 4.69) is 5.32 Å². The number of amides is 2. The second-order valence-electron chi connectivity index (χ2n) is 7.10. The number of nitrogens with zero attached hydrogens (tertiary/aromatic N) is 1. The van der Waals surface area contributed by atoms with E-state index in [-0.39, 0.29) is 18.2 Å². The molecule has 2 aromatic rings. The lowest BCUT2D eigenvalue weighted by molar-refractivity contribution is -0.140. The molecule has 4 nitrogen and oxygen atoms in total. The molecule has 0 spiro atoms. The van der Waals surface area contributed by atoms with Crippen LogP contribution in [0.1, 0.15) is 43.4 Å². The van der Waals surface area contributed by atoms with Gasteiger partial charge in [0.05, 0.1) is 6.42 Å². The minimum atomic E-state index is -0.559. The Morgan fingerprint density at radius 3 is 2.21 bits per heavy atom. The first-order valence-corrected chi connectivity index (χ1v) is 10.7. The monoisotopic (exact) mass is 434 g/mol. The van der Waals surface area contributed by atoms with Crippen LogP contribution in [0.4, 0.5) is 0 Å². The van der Waals surface area contributed by atoms with Crippen molar-refractivity contribution in [1.29, 1.82) is 0 Å². The van der Waals surface area contributed by atoms with Crippen molar-refractivity contribution in [2.75, 3.05) is 6.54 Å². The smallest absolute Gasteiger partial charge is 0.242 e. The quantitative estimate of drug-likeness (QED) is 0.590. The molecule has 0 aliphatic carbocycles. The molecule has 29 heavy (non-hydrogen) atoms. The summed E-state index contributed by atoms with van der Waals surface area (Å²) >= 11 is 12.5. The number of hydrogen-bond donors (Lipinski definition) is 1. The zero-order valence-corrected chi connectivity index (χ0v) is 18.7. The third kappa shape index (κ3) is 6.48. The number of carbonyl (C=O) groups excluding carboxylic acids is 2. The van der Waals surface area contributed by atoms with Crippen molar-refractivity contribution in [3.8, 4) is 0 Å². The van der Waals surface area contributed by atoms with Crippen LogP contribution >= 0.6 is 23.2 Å². The van der Waals surface area contributed by atoms with Crippen LogP contribution < -0.4 is 5.32 Å². The maximum atomic E-state index is 13.3. The summed E-state index contributed by atoms with van der Waals surface area (Å²) < 4.78 is 0. The molecule has 0 aromatic heterocycles. The lowest BCUT2D eigenvalue weighted by Gasteiger charge is -2.31. The molecule has 1 N–H and O–H groups in total. The first kappa shape index (κ1) is 23.2. The van der Waals surface area contributed by atoms with Crippen molar-refractivity contribution in [3.63, 3.8) is 0 Å². The van der Waals surface area contributed by atoms with E-state index in [0.29, 0.717) is 35.1 Å². The molecular formula is C23H28Cl2N2O2. The average Bonchev–Trinajstić information content (AvgIpc) is 2.70. The second kappa shape index (κ2) is 11.2. The molecule has 0 aliphatic heterocycles. The predicted molar refractivity (Wildman–Crippen MR) is 119 cm³/mol. The fraction of sp³-hybridized carbons (Fsp3) is 0.391. The van der Waals surface area contributed by atoms with Crippen LogP contribution in [0.2, 0.25) is 10.0 Å². The van der Waals surface area contributed by atoms with Gasteiger partial charge in [0.2, 0.25) is 11.8 Å². The summed E-state index contributed by atoms with van der Waals surface area (Å²) in [5, 5.41) is 3.81. The van der Waals surface area contributed by atoms with Gasteiger partial charge in [0.1, 0.15) is 6.04 Å². The van der Waals surface area contributed by atoms with E-state index in [4.69, 9.17) is 23.2 Å². The van der Waals surface area contributed by atoms with Crippen LogP contribution in [-0.2, 0) is 22.6 Å². The lowest BCUT2D eigenvalue weighted by Crippen LogP contribution is -2.49. The third-order valence-electron chi connectivity index (χ3n) is 4.80. The largest absolute Gasteiger partial charge is 0.354 e. The minimum absolute atomic E-state index is 0.0436. The van der Waals surface area contributed by atoms with Gasteiger partial charge in [-0.15, -0.1) is 0 Å². The standard InChI is InChI=1S/C23H28Cl2N2O2/c1-4-13-26-23(29)21(5-2)27(15-17-11-9-16(3)10-12-17)22(28)14-18-19(24)7-6-8-20(18)25/h6-12,21H,4-5,13-15H2,1-3H3,(H,26,29)/t21-/m1/s1. The molecule has 0 bridgehead atoms. The van der Waals surface area contributed by atoms with E-state index in [0.717, 1.165) is 17.5 Å². The fourth-order valence-electron chi connectivity index (χ4n) is 3.13. The molecule has 1 atom stereocenters. The van der Waals surface area contributed by atoms with Crippen molar-refractivity contribution in [2.45, 2.75) is 52.6 Å². The number of benzene rings is 2. The minimum Gasteiger partial charge on any atom is -0.354 e. The van der Waals surface area contributed by atoms with E-state index in [1.165, 1.54) is 0 Å². The molecule has 0 saturated carbocycles. The van der Waals surface area contributed by atoms with Crippen LogP contribution in [0, 0.1) is 6.92 Å². The van der Waals surface area contributed by atoms with E-state index in [9.17, 15) is 9.59 Å². The normalized spacial score (nSPS) is 11.8. The predicted octanol–water partition coefficient (Wildman–Crippen LogP) is 5.18. The van der Waals surface area contributed by atoms with Crippen LogP contribution in [0.25, 0.3) is 0 Å². The molecule has 2 rings (SSSR count). The summed E-state index contributed by atoms with van der Waals surface area (Å²) in [5.74, 6) is -0.320. The Kier molecular flexibility index (Phi) is 8.99. The van der Waals surface area contributed by atoms with Crippen LogP contribution in [-0.4, -0.2) is 29.3 Å². The van der Waals surface area contributed by atoms with Crippen LogP contribution in [0.5, 0.6) is 0 Å². The summed E-state index contributed by atoms with van der Waals surface area (Å²) in [6, 6.07) is 12.6. The number of aryl methyl sites for hydroxylation is 1. The van der Waals surface area contributed by atoms with Gasteiger partial charge in [0, 0.05) is 23.1 Å². The van der Waals surface area contributed by atoms with Gasteiger partial charge in [-0.3, -0.25) is 9.59 Å². The summed E-state index contributed by atoms with van der Waals surface area (Å²) in [6.45, 7) is 6.85. The number of nitrogens with one attached hydrogen (secondary N) is 1. The van der Waals surface area contributed by atoms with Gasteiger partial charge in [-0.1, -0.05) is 72.9 Å². The molecule has 0 radical (unpaired) electrons. The molecule has 2 amide bonds. The van der Waals surface area contributed by atoms with Crippen LogP contribution in [0.3, 0.4) is 0 Å². The Hall–Kier alpha value is -2.04. The van der Waals surface area contributed by atoms with Crippen molar-refractivity contribution < 1.29 is 9.59 Å². The highest BCUT2D eigenvalue weighted by atomic mass is 35.5. The molecule has 156 valence electrons. The molecule has 6 heteroatoms. The Bertz CT molecular complexity index is 817. The van der Waals surface area contributed by atoms with E-state index < -0.39 is 6.04 Å². The van der Waals surface area contributed by atoms with E-state index in [1.807, 2.05) is 45.0 Å². The van der Waals surface area contributed by atoms with Crippen molar-refractivity contribution in [3.05, 3.63) is 69.2 Å². The lowest BCUT2D eigenvalue weighted by atomic mass is 10.1. The van der Waals surface area contributed by atoms with Gasteiger partial charge in [0.25, 0.3) is 0 Å². The second-order valence-corrected chi connectivity index (χ2v) is 7.91. The molecule has 0 aliphatic rings. The van der Waals surface area contributed by atoms with Gasteiger partial charge >= 0.3 is 0 Å². The van der Waals surface area contributed by atoms with Gasteiger partial charge < -0.3 is 10.2 Å². The highest BCUT2D eigenvalue weighted by Gasteiger charge is 2.29. The van der Waals surface area contributed by atoms with Gasteiger partial charge in [-0.05, 0) is 43.0 Å². The van der Waals surface area contributed by atoms with Crippen molar-refractivity contribution >= 4 is 35.0 Å². The first-order valence-electron chi connectivity index (χ1n) is 9.92. The SMILES string of the molecule is CCCNC(=O)[C@@H](CC)N(Cc1ccc(C)cc1)C(=O)Cc1c(Cl)cccc1Cl. The van der Waals surface area contributed by atoms with Gasteiger partial charge in [-0.25, -0.2) is 0 Å². The zero-order chi connectivity index (χ0) is 21.4. The van der Waals surface area contributed by atoms with Gasteiger partial charge in [0.15, 0.2) is 0 Å². The third-order valence-corrected chi connectivity index (χ3v) is 5.51. The molecule has 2 aromatic carbocycles. The number of carbonyl (C=O) groups is 2. The fourth-order valence-corrected chi connectivity index (χ4v) is 3.66. The van der Waals surface area contributed by atoms with E-state index in [1.54, 1.807) is 23.1 Å². The Labute approximate surface area is 183 Å². The highest BCUT2D eigenvalue weighted by Crippen LogP contribution is 2.26. The highest BCUT2D eigenvalue weighted by molar-refractivity contribution is 6.36. The number of halogens is 2. The maximum absolute atomic E-state index is 13.3. The van der Waals surface area contributed by atoms with Crippen LogP contribution in [0.15, 0.2) is 42.5 Å². The maximum Gasteiger partial charge on any atom is 0.242 e. The summed E-state index contributed by atoms with van der Waals surface area (Å²) in [6.07, 6.45) is 1.40. The number of hydrogen-bond acceptors (Lipinski definition) is 2. The molecule has 0 heterocycles. The van der Waals surface area contributed by atoms with Gasteiger partial charge in [-0.2, -0.15) is 0 Å². The Morgan fingerprint density at radius 1 is 1.03 bits per heavy atom. The molecular weight excluding hydrogens is 407 g/mol. The Morgan fingerprint density at radius 2 is 1.66 bits per heavy atom. The van der Waals surface area contributed by atoms with Crippen molar-refractivity contribution in [1.82, 2.24) is 10.2 Å². The summed E-state index contributed by atoms with van der Waals surface area (Å²) in [5.41, 5.74) is 2.69. The zero-order valence-electron chi connectivity index (χ0n) is 17.2. The Balaban J connectivity index is 2.32. The topological polar surface area (TPSA) is 49.4 Å².